The van der Waals surface area contributed by atoms with Gasteiger partial charge in [0.05, 0.1) is 11.6 Å². The summed E-state index contributed by atoms with van der Waals surface area (Å²) in [5.74, 6) is 0.870. The number of hydrogen-bond donors (Lipinski definition) is 1. The van der Waals surface area contributed by atoms with Crippen molar-refractivity contribution in [3.63, 3.8) is 0 Å². The van der Waals surface area contributed by atoms with E-state index in [0.29, 0.717) is 0 Å². The predicted octanol–water partition coefficient (Wildman–Crippen LogP) is 3.50. The van der Waals surface area contributed by atoms with E-state index in [2.05, 4.69) is 43.8 Å². The zero-order chi connectivity index (χ0) is 11.3. The zero-order valence-corrected chi connectivity index (χ0v) is 11.7. The summed E-state index contributed by atoms with van der Waals surface area (Å²) in [5.41, 5.74) is 1.11. The summed E-state index contributed by atoms with van der Waals surface area (Å²) in [6.45, 7) is 5.20. The quantitative estimate of drug-likeness (QED) is 0.657. The summed E-state index contributed by atoms with van der Waals surface area (Å²) >= 11 is 6.92. The fourth-order valence-corrected chi connectivity index (χ4v) is 2.76. The monoisotopic (exact) mass is 333 g/mol. The SMILES string of the molecule is C=CCNCc1cc(Br)cc(Br)c1OC. The van der Waals surface area contributed by atoms with Crippen LogP contribution in [-0.4, -0.2) is 13.7 Å². The van der Waals surface area contributed by atoms with Crippen LogP contribution in [0.5, 0.6) is 5.75 Å². The molecule has 0 atom stereocenters. The molecule has 1 N–H and O–H groups in total. The fourth-order valence-electron chi connectivity index (χ4n) is 1.28. The second-order valence-corrected chi connectivity index (χ2v) is 4.77. The first-order valence-corrected chi connectivity index (χ1v) is 6.11. The van der Waals surface area contributed by atoms with Crippen LogP contribution in [0.1, 0.15) is 5.56 Å². The molecule has 1 aromatic carbocycles. The van der Waals surface area contributed by atoms with Crippen LogP contribution in [0.25, 0.3) is 0 Å². The zero-order valence-electron chi connectivity index (χ0n) is 8.52. The molecule has 0 aliphatic heterocycles. The fraction of sp³-hybridized carbons (Fsp3) is 0.273. The van der Waals surface area contributed by atoms with Crippen molar-refractivity contribution >= 4 is 31.9 Å². The number of rotatable bonds is 5. The Morgan fingerprint density at radius 2 is 2.20 bits per heavy atom. The normalized spacial score (nSPS) is 10.1. The first-order valence-electron chi connectivity index (χ1n) is 4.52. The third kappa shape index (κ3) is 3.63. The lowest BCUT2D eigenvalue weighted by molar-refractivity contribution is 0.405. The standard InChI is InChI=1S/C11H13Br2NO/c1-3-4-14-7-8-5-9(12)6-10(13)11(8)15-2/h3,5-6,14H,1,4,7H2,2H3. The summed E-state index contributed by atoms with van der Waals surface area (Å²) in [4.78, 5) is 0. The maximum Gasteiger partial charge on any atom is 0.137 e. The molecule has 0 aliphatic rings. The van der Waals surface area contributed by atoms with E-state index in [1.165, 1.54) is 0 Å². The lowest BCUT2D eigenvalue weighted by Crippen LogP contribution is -2.13. The Labute approximate surface area is 107 Å². The minimum absolute atomic E-state index is 0.757. The average Bonchev–Trinajstić information content (AvgIpc) is 2.17. The van der Waals surface area contributed by atoms with Gasteiger partial charge in [-0.2, -0.15) is 0 Å². The topological polar surface area (TPSA) is 21.3 Å². The van der Waals surface area contributed by atoms with Crippen LogP contribution < -0.4 is 10.1 Å². The summed E-state index contributed by atoms with van der Waals surface area (Å²) in [5, 5.41) is 3.24. The van der Waals surface area contributed by atoms with Crippen molar-refractivity contribution in [1.29, 1.82) is 0 Å². The van der Waals surface area contributed by atoms with Gasteiger partial charge in [0.15, 0.2) is 0 Å². The highest BCUT2D eigenvalue weighted by atomic mass is 79.9. The first kappa shape index (κ1) is 12.7. The molecular formula is C11H13Br2NO. The van der Waals surface area contributed by atoms with E-state index in [4.69, 9.17) is 4.74 Å². The molecule has 1 rings (SSSR count). The number of nitrogens with one attached hydrogen (secondary N) is 1. The molecular weight excluding hydrogens is 322 g/mol. The molecule has 15 heavy (non-hydrogen) atoms. The Kier molecular flexibility index (Phi) is 5.36. The van der Waals surface area contributed by atoms with Crippen molar-refractivity contribution in [3.8, 4) is 5.75 Å². The molecule has 0 spiro atoms. The van der Waals surface area contributed by atoms with E-state index in [1.807, 2.05) is 18.2 Å². The maximum absolute atomic E-state index is 5.33. The molecule has 0 amide bonds. The average molecular weight is 335 g/mol. The Hall–Kier alpha value is -0.320. The van der Waals surface area contributed by atoms with Gasteiger partial charge in [-0.1, -0.05) is 22.0 Å². The van der Waals surface area contributed by atoms with Gasteiger partial charge < -0.3 is 10.1 Å². The van der Waals surface area contributed by atoms with Crippen molar-refractivity contribution in [2.24, 2.45) is 0 Å². The highest BCUT2D eigenvalue weighted by Crippen LogP contribution is 2.32. The van der Waals surface area contributed by atoms with E-state index >= 15 is 0 Å². The largest absolute Gasteiger partial charge is 0.495 e. The lowest BCUT2D eigenvalue weighted by atomic mass is 10.2. The molecule has 0 heterocycles. The van der Waals surface area contributed by atoms with Gasteiger partial charge in [-0.3, -0.25) is 0 Å². The third-order valence-electron chi connectivity index (χ3n) is 1.89. The summed E-state index contributed by atoms with van der Waals surface area (Å²) < 4.78 is 7.31. The molecule has 0 aliphatic carbocycles. The molecule has 4 heteroatoms. The second-order valence-electron chi connectivity index (χ2n) is 3.00. The van der Waals surface area contributed by atoms with Crippen molar-refractivity contribution in [3.05, 3.63) is 39.3 Å². The van der Waals surface area contributed by atoms with Gasteiger partial charge in [0, 0.05) is 23.1 Å². The molecule has 0 saturated carbocycles. The van der Waals surface area contributed by atoms with Gasteiger partial charge in [-0.25, -0.2) is 0 Å². The predicted molar refractivity (Wildman–Crippen MR) is 70.3 cm³/mol. The number of benzene rings is 1. The van der Waals surface area contributed by atoms with Crippen molar-refractivity contribution in [2.45, 2.75) is 6.54 Å². The minimum Gasteiger partial charge on any atom is -0.495 e. The lowest BCUT2D eigenvalue weighted by Gasteiger charge is -2.11. The van der Waals surface area contributed by atoms with Crippen LogP contribution in [0.4, 0.5) is 0 Å². The Bertz CT molecular complexity index is 353. The molecule has 0 unspecified atom stereocenters. The second kappa shape index (κ2) is 6.30. The number of halogens is 2. The highest BCUT2D eigenvalue weighted by Gasteiger charge is 2.08. The molecule has 0 saturated heterocycles. The molecule has 82 valence electrons. The molecule has 2 nitrogen and oxygen atoms in total. The van der Waals surface area contributed by atoms with E-state index < -0.39 is 0 Å². The Morgan fingerprint density at radius 1 is 1.47 bits per heavy atom. The van der Waals surface area contributed by atoms with Gasteiger partial charge in [0.2, 0.25) is 0 Å². The molecule has 0 aromatic heterocycles. The maximum atomic E-state index is 5.33. The Balaban J connectivity index is 2.88. The molecule has 0 bridgehead atoms. The number of hydrogen-bond acceptors (Lipinski definition) is 2. The Morgan fingerprint density at radius 3 is 2.80 bits per heavy atom. The summed E-state index contributed by atoms with van der Waals surface area (Å²) in [7, 11) is 1.67. The highest BCUT2D eigenvalue weighted by molar-refractivity contribution is 9.11. The van der Waals surface area contributed by atoms with E-state index in [1.54, 1.807) is 7.11 Å². The van der Waals surface area contributed by atoms with E-state index in [0.717, 1.165) is 33.3 Å². The van der Waals surface area contributed by atoms with Crippen LogP contribution >= 0.6 is 31.9 Å². The minimum atomic E-state index is 0.757. The molecule has 1 aromatic rings. The smallest absolute Gasteiger partial charge is 0.137 e. The first-order chi connectivity index (χ1) is 7.19. The van der Waals surface area contributed by atoms with E-state index in [-0.39, 0.29) is 0 Å². The third-order valence-corrected chi connectivity index (χ3v) is 2.94. The number of ether oxygens (including phenoxy) is 1. The number of methoxy groups -OCH3 is 1. The van der Waals surface area contributed by atoms with Gasteiger partial charge in [-0.05, 0) is 28.1 Å². The van der Waals surface area contributed by atoms with Crippen molar-refractivity contribution < 1.29 is 4.74 Å². The van der Waals surface area contributed by atoms with Gasteiger partial charge in [-0.15, -0.1) is 6.58 Å². The van der Waals surface area contributed by atoms with Gasteiger partial charge in [0.1, 0.15) is 5.75 Å². The van der Waals surface area contributed by atoms with Crippen molar-refractivity contribution in [1.82, 2.24) is 5.32 Å². The van der Waals surface area contributed by atoms with Crippen LogP contribution in [0.2, 0.25) is 0 Å². The van der Waals surface area contributed by atoms with Crippen LogP contribution in [-0.2, 0) is 6.54 Å². The molecule has 0 fully saturated rings. The summed E-state index contributed by atoms with van der Waals surface area (Å²) in [6, 6.07) is 4.01. The van der Waals surface area contributed by atoms with Crippen LogP contribution in [0.15, 0.2) is 33.7 Å². The summed E-state index contributed by atoms with van der Waals surface area (Å²) in [6.07, 6.45) is 1.83. The van der Waals surface area contributed by atoms with E-state index in [9.17, 15) is 0 Å². The van der Waals surface area contributed by atoms with Crippen LogP contribution in [0.3, 0.4) is 0 Å². The van der Waals surface area contributed by atoms with Gasteiger partial charge >= 0.3 is 0 Å². The van der Waals surface area contributed by atoms with Crippen LogP contribution in [0, 0.1) is 0 Å². The molecule has 0 radical (unpaired) electrons. The van der Waals surface area contributed by atoms with Gasteiger partial charge in [0.25, 0.3) is 0 Å². The van der Waals surface area contributed by atoms with Crippen molar-refractivity contribution in [2.75, 3.05) is 13.7 Å².